The number of hydrogen-bond acceptors (Lipinski definition) is 3. The Hall–Kier alpha value is -0.740. The summed E-state index contributed by atoms with van der Waals surface area (Å²) < 4.78 is 18.4. The first-order valence-electron chi connectivity index (χ1n) is 5.49. The van der Waals surface area contributed by atoms with Crippen LogP contribution in [0.2, 0.25) is 0 Å². The molecule has 0 bridgehead atoms. The van der Waals surface area contributed by atoms with Gasteiger partial charge in [0.25, 0.3) is 0 Å². The van der Waals surface area contributed by atoms with E-state index < -0.39 is 0 Å². The standard InChI is InChI=1S/C12H18FNOS/c1-2-3-4-15-5-6-16-12-8-10(13)7-11(14)9-12/h7-9H,2-6,14H2,1H3. The van der Waals surface area contributed by atoms with E-state index in [-0.39, 0.29) is 5.82 Å². The lowest BCUT2D eigenvalue weighted by atomic mass is 10.3. The Bertz CT molecular complexity index is 300. The molecule has 0 fully saturated rings. The van der Waals surface area contributed by atoms with E-state index in [2.05, 4.69) is 6.92 Å². The van der Waals surface area contributed by atoms with Crippen molar-refractivity contribution in [2.24, 2.45) is 0 Å². The zero-order chi connectivity index (χ0) is 11.8. The fourth-order valence-corrected chi connectivity index (χ4v) is 2.09. The summed E-state index contributed by atoms with van der Waals surface area (Å²) in [4.78, 5) is 0.858. The molecule has 1 aromatic rings. The number of unbranched alkanes of at least 4 members (excludes halogenated alkanes) is 1. The predicted octanol–water partition coefficient (Wildman–Crippen LogP) is 3.32. The van der Waals surface area contributed by atoms with Gasteiger partial charge in [-0.25, -0.2) is 4.39 Å². The molecule has 0 heterocycles. The lowest BCUT2D eigenvalue weighted by Gasteiger charge is -2.04. The van der Waals surface area contributed by atoms with E-state index in [1.807, 2.05) is 0 Å². The summed E-state index contributed by atoms with van der Waals surface area (Å²) in [5.41, 5.74) is 6.01. The molecular formula is C12H18FNOS. The van der Waals surface area contributed by atoms with Crippen molar-refractivity contribution in [3.63, 3.8) is 0 Å². The van der Waals surface area contributed by atoms with Crippen LogP contribution in [-0.4, -0.2) is 19.0 Å². The van der Waals surface area contributed by atoms with E-state index in [0.717, 1.165) is 30.1 Å². The molecule has 90 valence electrons. The Morgan fingerprint density at radius 1 is 1.31 bits per heavy atom. The Morgan fingerprint density at radius 3 is 2.81 bits per heavy atom. The third-order valence-electron chi connectivity index (χ3n) is 2.03. The summed E-state index contributed by atoms with van der Waals surface area (Å²) in [5, 5.41) is 0. The van der Waals surface area contributed by atoms with Gasteiger partial charge in [-0.15, -0.1) is 11.8 Å². The highest BCUT2D eigenvalue weighted by Crippen LogP contribution is 2.21. The van der Waals surface area contributed by atoms with Gasteiger partial charge in [0.1, 0.15) is 5.82 Å². The van der Waals surface area contributed by atoms with Crippen LogP contribution in [-0.2, 0) is 4.74 Å². The maximum Gasteiger partial charge on any atom is 0.126 e. The third kappa shape index (κ3) is 5.37. The fraction of sp³-hybridized carbons (Fsp3) is 0.500. The van der Waals surface area contributed by atoms with Crippen molar-refractivity contribution >= 4 is 17.4 Å². The largest absolute Gasteiger partial charge is 0.399 e. The smallest absolute Gasteiger partial charge is 0.126 e. The van der Waals surface area contributed by atoms with Gasteiger partial charge < -0.3 is 10.5 Å². The van der Waals surface area contributed by atoms with E-state index in [4.69, 9.17) is 10.5 Å². The van der Waals surface area contributed by atoms with Crippen LogP contribution in [0.15, 0.2) is 23.1 Å². The first-order chi connectivity index (χ1) is 7.72. The van der Waals surface area contributed by atoms with Crippen LogP contribution in [0.1, 0.15) is 19.8 Å². The molecule has 0 amide bonds. The lowest BCUT2D eigenvalue weighted by Crippen LogP contribution is -1.99. The topological polar surface area (TPSA) is 35.2 Å². The summed E-state index contributed by atoms with van der Waals surface area (Å²) in [6, 6.07) is 4.59. The normalized spacial score (nSPS) is 10.6. The summed E-state index contributed by atoms with van der Waals surface area (Å²) in [6.45, 7) is 3.64. The molecule has 0 aliphatic carbocycles. The van der Waals surface area contributed by atoms with Crippen LogP contribution in [0, 0.1) is 5.82 Å². The summed E-state index contributed by atoms with van der Waals surface area (Å²) in [6.07, 6.45) is 2.24. The monoisotopic (exact) mass is 243 g/mol. The van der Waals surface area contributed by atoms with Crippen LogP contribution in [0.25, 0.3) is 0 Å². The van der Waals surface area contributed by atoms with Crippen molar-refractivity contribution in [1.29, 1.82) is 0 Å². The van der Waals surface area contributed by atoms with Gasteiger partial charge in [0.15, 0.2) is 0 Å². The second-order valence-corrected chi connectivity index (χ2v) is 4.70. The molecule has 0 unspecified atom stereocenters. The molecule has 0 saturated heterocycles. The van der Waals surface area contributed by atoms with Crippen LogP contribution in [0.5, 0.6) is 0 Å². The van der Waals surface area contributed by atoms with E-state index >= 15 is 0 Å². The molecule has 0 aromatic heterocycles. The van der Waals surface area contributed by atoms with Gasteiger partial charge in [0.05, 0.1) is 6.61 Å². The van der Waals surface area contributed by atoms with Gasteiger partial charge in [0, 0.05) is 22.9 Å². The predicted molar refractivity (Wildman–Crippen MR) is 67.3 cm³/mol. The highest BCUT2D eigenvalue weighted by Gasteiger charge is 1.99. The molecule has 0 radical (unpaired) electrons. The molecule has 1 rings (SSSR count). The number of anilines is 1. The van der Waals surface area contributed by atoms with E-state index in [1.54, 1.807) is 17.8 Å². The maximum absolute atomic E-state index is 13.0. The molecule has 4 heteroatoms. The van der Waals surface area contributed by atoms with Crippen LogP contribution < -0.4 is 5.73 Å². The molecule has 1 aromatic carbocycles. The molecule has 0 aliphatic heterocycles. The van der Waals surface area contributed by atoms with Crippen molar-refractivity contribution in [2.75, 3.05) is 24.7 Å². The second-order valence-electron chi connectivity index (χ2n) is 3.53. The summed E-state index contributed by atoms with van der Waals surface area (Å²) in [5.74, 6) is 0.543. The van der Waals surface area contributed by atoms with Gasteiger partial charge in [0.2, 0.25) is 0 Å². The Morgan fingerprint density at radius 2 is 2.12 bits per heavy atom. The number of hydrogen-bond donors (Lipinski definition) is 1. The van der Waals surface area contributed by atoms with Gasteiger partial charge >= 0.3 is 0 Å². The van der Waals surface area contributed by atoms with Crippen LogP contribution >= 0.6 is 11.8 Å². The minimum atomic E-state index is -0.283. The molecule has 2 N–H and O–H groups in total. The van der Waals surface area contributed by atoms with Crippen molar-refractivity contribution in [3.05, 3.63) is 24.0 Å². The number of nitrogens with two attached hydrogens (primary N) is 1. The average Bonchev–Trinajstić information content (AvgIpc) is 2.22. The minimum absolute atomic E-state index is 0.283. The van der Waals surface area contributed by atoms with E-state index in [9.17, 15) is 4.39 Å². The SMILES string of the molecule is CCCCOCCSc1cc(N)cc(F)c1. The first kappa shape index (κ1) is 13.3. The van der Waals surface area contributed by atoms with E-state index in [0.29, 0.717) is 12.3 Å². The summed E-state index contributed by atoms with van der Waals surface area (Å²) >= 11 is 1.56. The van der Waals surface area contributed by atoms with Gasteiger partial charge in [-0.3, -0.25) is 0 Å². The number of halogens is 1. The Balaban J connectivity index is 2.21. The Kier molecular flexibility index (Phi) is 6.26. The minimum Gasteiger partial charge on any atom is -0.399 e. The molecule has 0 spiro atoms. The molecule has 0 aliphatic rings. The highest BCUT2D eigenvalue weighted by atomic mass is 32.2. The zero-order valence-corrected chi connectivity index (χ0v) is 10.4. The Labute approximate surface area is 100 Å². The second kappa shape index (κ2) is 7.52. The first-order valence-corrected chi connectivity index (χ1v) is 6.47. The number of nitrogen functional groups attached to an aromatic ring is 1. The van der Waals surface area contributed by atoms with E-state index in [1.165, 1.54) is 12.1 Å². The van der Waals surface area contributed by atoms with Crippen LogP contribution in [0.3, 0.4) is 0 Å². The highest BCUT2D eigenvalue weighted by molar-refractivity contribution is 7.99. The molecule has 0 atom stereocenters. The zero-order valence-electron chi connectivity index (χ0n) is 9.54. The number of thioether (sulfide) groups is 1. The van der Waals surface area contributed by atoms with Gasteiger partial charge in [-0.05, 0) is 24.6 Å². The summed E-state index contributed by atoms with van der Waals surface area (Å²) in [7, 11) is 0. The van der Waals surface area contributed by atoms with Gasteiger partial charge in [-0.1, -0.05) is 13.3 Å². The molecular weight excluding hydrogens is 225 g/mol. The van der Waals surface area contributed by atoms with Crippen molar-refractivity contribution in [2.45, 2.75) is 24.7 Å². The number of ether oxygens (including phenoxy) is 1. The maximum atomic E-state index is 13.0. The third-order valence-corrected chi connectivity index (χ3v) is 2.97. The quantitative estimate of drug-likeness (QED) is 0.453. The average molecular weight is 243 g/mol. The van der Waals surface area contributed by atoms with Crippen molar-refractivity contribution in [3.8, 4) is 0 Å². The number of benzene rings is 1. The molecule has 16 heavy (non-hydrogen) atoms. The van der Waals surface area contributed by atoms with Crippen LogP contribution in [0.4, 0.5) is 10.1 Å². The molecule has 2 nitrogen and oxygen atoms in total. The number of rotatable bonds is 7. The van der Waals surface area contributed by atoms with Crippen molar-refractivity contribution < 1.29 is 9.13 Å². The van der Waals surface area contributed by atoms with Crippen molar-refractivity contribution in [1.82, 2.24) is 0 Å². The molecule has 0 saturated carbocycles. The lowest BCUT2D eigenvalue weighted by molar-refractivity contribution is 0.147. The van der Waals surface area contributed by atoms with Gasteiger partial charge in [-0.2, -0.15) is 0 Å². The fourth-order valence-electron chi connectivity index (χ4n) is 1.23.